The molecular weight excluding hydrogens is 354 g/mol. The van der Waals surface area contributed by atoms with Crippen LogP contribution in [-0.4, -0.2) is 21.4 Å². The number of hydrogen-bond donors (Lipinski definition) is 3. The number of nitrogens with one attached hydrogen (secondary N) is 1. The number of rotatable bonds is 3. The van der Waals surface area contributed by atoms with Crippen molar-refractivity contribution < 1.29 is 10.2 Å². The number of fused-ring (bicyclic) bond motifs is 1. The lowest BCUT2D eigenvalue weighted by Gasteiger charge is -2.02. The summed E-state index contributed by atoms with van der Waals surface area (Å²) in [5.41, 5.74) is 4.22. The van der Waals surface area contributed by atoms with Crippen LogP contribution in [0.4, 0.5) is 5.13 Å². The number of halogens is 1. The summed E-state index contributed by atoms with van der Waals surface area (Å²) in [7, 11) is 0. The average molecular weight is 364 g/mol. The zero-order chi connectivity index (χ0) is 14.8. The van der Waals surface area contributed by atoms with Crippen molar-refractivity contribution in [3.63, 3.8) is 0 Å². The summed E-state index contributed by atoms with van der Waals surface area (Å²) in [6, 6.07) is 10.6. The van der Waals surface area contributed by atoms with Crippen molar-refractivity contribution in [3.05, 3.63) is 46.4 Å². The van der Waals surface area contributed by atoms with Crippen LogP contribution < -0.4 is 5.43 Å². The highest BCUT2D eigenvalue weighted by atomic mass is 79.9. The van der Waals surface area contributed by atoms with Crippen molar-refractivity contribution >= 4 is 48.8 Å². The molecule has 1 heterocycles. The Morgan fingerprint density at radius 2 is 2.00 bits per heavy atom. The first-order chi connectivity index (χ1) is 10.1. The maximum atomic E-state index is 9.71. The van der Waals surface area contributed by atoms with Gasteiger partial charge in [-0.05, 0) is 34.1 Å². The Morgan fingerprint density at radius 1 is 1.19 bits per heavy atom. The zero-order valence-electron chi connectivity index (χ0n) is 10.6. The van der Waals surface area contributed by atoms with E-state index in [-0.39, 0.29) is 11.5 Å². The molecule has 3 aromatic rings. The van der Waals surface area contributed by atoms with E-state index < -0.39 is 0 Å². The minimum atomic E-state index is -0.0504. The predicted octanol–water partition coefficient (Wildman–Crippen LogP) is 3.92. The SMILES string of the molecule is Oc1cc(O)c(/C=N\Nc2nc3ccccc3s2)cc1Br. The van der Waals surface area contributed by atoms with Crippen LogP contribution >= 0.6 is 27.3 Å². The van der Waals surface area contributed by atoms with Gasteiger partial charge in [-0.3, -0.25) is 5.43 Å². The molecule has 0 radical (unpaired) electrons. The lowest BCUT2D eigenvalue weighted by molar-refractivity contribution is 0.448. The van der Waals surface area contributed by atoms with Crippen LogP contribution in [0, 0.1) is 0 Å². The first-order valence-corrected chi connectivity index (χ1v) is 7.60. The summed E-state index contributed by atoms with van der Waals surface area (Å²) in [5.74, 6) is -0.0747. The van der Waals surface area contributed by atoms with Crippen LogP contribution in [0.2, 0.25) is 0 Å². The number of anilines is 1. The molecule has 0 aliphatic rings. The van der Waals surface area contributed by atoms with Gasteiger partial charge in [0.15, 0.2) is 0 Å². The fourth-order valence-electron chi connectivity index (χ4n) is 1.75. The van der Waals surface area contributed by atoms with E-state index in [1.165, 1.54) is 23.6 Å². The van der Waals surface area contributed by atoms with E-state index >= 15 is 0 Å². The number of benzene rings is 2. The van der Waals surface area contributed by atoms with Crippen molar-refractivity contribution in [2.75, 3.05) is 5.43 Å². The second-order valence-electron chi connectivity index (χ2n) is 4.22. The molecule has 2 aromatic carbocycles. The molecule has 106 valence electrons. The van der Waals surface area contributed by atoms with Crippen LogP contribution in [0.5, 0.6) is 11.5 Å². The number of nitrogens with zero attached hydrogens (tertiary/aromatic N) is 2. The third-order valence-corrected chi connectivity index (χ3v) is 4.33. The van der Waals surface area contributed by atoms with Gasteiger partial charge in [-0.2, -0.15) is 5.10 Å². The predicted molar refractivity (Wildman–Crippen MR) is 88.3 cm³/mol. The summed E-state index contributed by atoms with van der Waals surface area (Å²) in [4.78, 5) is 4.38. The Balaban J connectivity index is 1.79. The smallest absolute Gasteiger partial charge is 0.204 e. The van der Waals surface area contributed by atoms with Crippen molar-refractivity contribution in [1.82, 2.24) is 4.98 Å². The number of hydrazone groups is 1. The number of phenolic OH excluding ortho intramolecular Hbond substituents is 2. The van der Waals surface area contributed by atoms with E-state index in [0.29, 0.717) is 15.2 Å². The Bertz CT molecular complexity index is 799. The van der Waals surface area contributed by atoms with Gasteiger partial charge in [-0.15, -0.1) is 0 Å². The van der Waals surface area contributed by atoms with E-state index in [9.17, 15) is 10.2 Å². The largest absolute Gasteiger partial charge is 0.507 e. The van der Waals surface area contributed by atoms with Gasteiger partial charge < -0.3 is 10.2 Å². The molecule has 0 bridgehead atoms. The molecule has 5 nitrogen and oxygen atoms in total. The van der Waals surface area contributed by atoms with E-state index in [1.54, 1.807) is 6.07 Å². The highest BCUT2D eigenvalue weighted by Gasteiger charge is 2.05. The molecule has 0 spiro atoms. The van der Waals surface area contributed by atoms with Crippen LogP contribution in [0.15, 0.2) is 46.0 Å². The molecule has 0 fully saturated rings. The molecule has 21 heavy (non-hydrogen) atoms. The van der Waals surface area contributed by atoms with Gasteiger partial charge in [0.1, 0.15) is 11.5 Å². The van der Waals surface area contributed by atoms with E-state index in [0.717, 1.165) is 10.2 Å². The normalized spacial score (nSPS) is 11.3. The summed E-state index contributed by atoms with van der Waals surface area (Å²) in [6.07, 6.45) is 1.46. The summed E-state index contributed by atoms with van der Waals surface area (Å²) >= 11 is 4.68. The number of hydrogen-bond acceptors (Lipinski definition) is 6. The number of para-hydroxylation sites is 1. The summed E-state index contributed by atoms with van der Waals surface area (Å²) in [5, 5.41) is 23.9. The fraction of sp³-hybridized carbons (Fsp3) is 0. The number of phenols is 2. The lowest BCUT2D eigenvalue weighted by Crippen LogP contribution is -1.90. The minimum Gasteiger partial charge on any atom is -0.507 e. The van der Waals surface area contributed by atoms with Crippen LogP contribution in [0.3, 0.4) is 0 Å². The quantitative estimate of drug-likeness (QED) is 0.486. The molecule has 0 saturated heterocycles. The van der Waals surface area contributed by atoms with Gasteiger partial charge in [0.05, 0.1) is 20.9 Å². The Kier molecular flexibility index (Phi) is 3.76. The van der Waals surface area contributed by atoms with Crippen molar-refractivity contribution in [2.24, 2.45) is 5.10 Å². The summed E-state index contributed by atoms with van der Waals surface area (Å²) < 4.78 is 1.56. The molecule has 0 unspecified atom stereocenters. The molecule has 0 aliphatic carbocycles. The molecule has 0 aliphatic heterocycles. The topological polar surface area (TPSA) is 77.7 Å². The van der Waals surface area contributed by atoms with Crippen molar-refractivity contribution in [2.45, 2.75) is 0 Å². The van der Waals surface area contributed by atoms with Crippen LogP contribution in [0.25, 0.3) is 10.2 Å². The number of aromatic nitrogens is 1. The molecule has 7 heteroatoms. The number of thiazole rings is 1. The Hall–Kier alpha value is -2.12. The van der Waals surface area contributed by atoms with Gasteiger partial charge in [0, 0.05) is 11.6 Å². The van der Waals surface area contributed by atoms with Crippen LogP contribution in [0.1, 0.15) is 5.56 Å². The minimum absolute atomic E-state index is 0.0243. The first kappa shape index (κ1) is 13.8. The molecule has 3 rings (SSSR count). The Morgan fingerprint density at radius 3 is 2.81 bits per heavy atom. The third-order valence-electron chi connectivity index (χ3n) is 2.75. The maximum absolute atomic E-state index is 9.71. The lowest BCUT2D eigenvalue weighted by atomic mass is 10.2. The third kappa shape index (κ3) is 2.98. The molecule has 1 aromatic heterocycles. The van der Waals surface area contributed by atoms with Crippen molar-refractivity contribution in [1.29, 1.82) is 0 Å². The second kappa shape index (κ2) is 5.71. The summed E-state index contributed by atoms with van der Waals surface area (Å²) in [6.45, 7) is 0. The zero-order valence-corrected chi connectivity index (χ0v) is 13.0. The fourth-order valence-corrected chi connectivity index (χ4v) is 2.92. The Labute approximate surface area is 132 Å². The molecule has 0 saturated carbocycles. The van der Waals surface area contributed by atoms with Crippen LogP contribution in [-0.2, 0) is 0 Å². The average Bonchev–Trinajstić information content (AvgIpc) is 2.87. The van der Waals surface area contributed by atoms with E-state index in [1.807, 2.05) is 24.3 Å². The second-order valence-corrected chi connectivity index (χ2v) is 6.10. The van der Waals surface area contributed by atoms with Crippen molar-refractivity contribution in [3.8, 4) is 11.5 Å². The van der Waals surface area contributed by atoms with Gasteiger partial charge in [-0.25, -0.2) is 4.98 Å². The maximum Gasteiger partial charge on any atom is 0.204 e. The van der Waals surface area contributed by atoms with E-state index in [2.05, 4.69) is 31.4 Å². The van der Waals surface area contributed by atoms with Gasteiger partial charge in [-0.1, -0.05) is 23.5 Å². The molecule has 3 N–H and O–H groups in total. The first-order valence-electron chi connectivity index (χ1n) is 5.99. The highest BCUT2D eigenvalue weighted by molar-refractivity contribution is 9.10. The molecule has 0 atom stereocenters. The van der Waals surface area contributed by atoms with Gasteiger partial charge in [0.2, 0.25) is 5.13 Å². The van der Waals surface area contributed by atoms with Gasteiger partial charge in [0.25, 0.3) is 0 Å². The molecular formula is C14H10BrN3O2S. The monoisotopic (exact) mass is 363 g/mol. The standard InChI is InChI=1S/C14H10BrN3O2S/c15-9-5-8(11(19)6-12(9)20)7-16-18-14-17-10-3-1-2-4-13(10)21-14/h1-7,19-20H,(H,17,18)/b16-7-. The highest BCUT2D eigenvalue weighted by Crippen LogP contribution is 2.30. The van der Waals surface area contributed by atoms with E-state index in [4.69, 9.17) is 0 Å². The van der Waals surface area contributed by atoms with Gasteiger partial charge >= 0.3 is 0 Å². The number of aromatic hydroxyl groups is 2. The molecule has 0 amide bonds.